The number of hydrogen-bond acceptors (Lipinski definition) is 4. The molecule has 164 valence electrons. The SMILES string of the molecule is CCCCCn1nc(CCC(C)C)nc1Cc1ccc(-c2ncccc2C(=O)O)cc1. The quantitative estimate of drug-likeness (QED) is 0.420. The van der Waals surface area contributed by atoms with Crippen molar-refractivity contribution < 1.29 is 9.90 Å². The van der Waals surface area contributed by atoms with Crippen LogP contribution in [0.3, 0.4) is 0 Å². The van der Waals surface area contributed by atoms with Gasteiger partial charge in [0, 0.05) is 31.1 Å². The minimum atomic E-state index is -0.971. The second kappa shape index (κ2) is 10.8. The lowest BCUT2D eigenvalue weighted by Gasteiger charge is -2.08. The molecule has 0 saturated heterocycles. The van der Waals surface area contributed by atoms with Crippen LogP contribution in [0.2, 0.25) is 0 Å². The highest BCUT2D eigenvalue weighted by Gasteiger charge is 2.14. The van der Waals surface area contributed by atoms with E-state index >= 15 is 0 Å². The number of aromatic nitrogens is 4. The average molecular weight is 421 g/mol. The lowest BCUT2D eigenvalue weighted by Crippen LogP contribution is -2.07. The fraction of sp³-hybridized carbons (Fsp3) is 0.440. The van der Waals surface area contributed by atoms with Crippen molar-refractivity contribution in [2.75, 3.05) is 0 Å². The van der Waals surface area contributed by atoms with Crippen LogP contribution in [0.4, 0.5) is 0 Å². The lowest BCUT2D eigenvalue weighted by molar-refractivity contribution is 0.0697. The second-order valence-electron chi connectivity index (χ2n) is 8.39. The van der Waals surface area contributed by atoms with Crippen LogP contribution in [0, 0.1) is 5.92 Å². The van der Waals surface area contributed by atoms with Crippen molar-refractivity contribution in [3.8, 4) is 11.3 Å². The second-order valence-corrected chi connectivity index (χ2v) is 8.39. The van der Waals surface area contributed by atoms with E-state index in [2.05, 4.69) is 30.4 Å². The van der Waals surface area contributed by atoms with Crippen LogP contribution in [-0.4, -0.2) is 30.8 Å². The van der Waals surface area contributed by atoms with Gasteiger partial charge in [-0.1, -0.05) is 57.9 Å². The first-order chi connectivity index (χ1) is 15.0. The Morgan fingerprint density at radius 2 is 1.90 bits per heavy atom. The Labute approximate surface area is 184 Å². The molecule has 0 aliphatic rings. The first kappa shape index (κ1) is 22.7. The average Bonchev–Trinajstić information content (AvgIpc) is 3.14. The molecule has 0 radical (unpaired) electrons. The number of hydrogen-bond donors (Lipinski definition) is 1. The van der Waals surface area contributed by atoms with E-state index in [-0.39, 0.29) is 5.56 Å². The van der Waals surface area contributed by atoms with Crippen LogP contribution in [0.5, 0.6) is 0 Å². The van der Waals surface area contributed by atoms with Crippen molar-refractivity contribution in [2.45, 2.75) is 65.8 Å². The van der Waals surface area contributed by atoms with E-state index < -0.39 is 5.97 Å². The molecule has 31 heavy (non-hydrogen) atoms. The van der Waals surface area contributed by atoms with Crippen LogP contribution in [-0.2, 0) is 19.4 Å². The Bertz CT molecular complexity index is 993. The molecular formula is C25H32N4O2. The van der Waals surface area contributed by atoms with Gasteiger partial charge in [-0.05, 0) is 36.5 Å². The summed E-state index contributed by atoms with van der Waals surface area (Å²) in [7, 11) is 0. The number of carboxylic acid groups (broad SMARTS) is 1. The van der Waals surface area contributed by atoms with Gasteiger partial charge in [-0.25, -0.2) is 14.5 Å². The topological polar surface area (TPSA) is 80.9 Å². The maximum absolute atomic E-state index is 11.5. The number of carboxylic acids is 1. The summed E-state index contributed by atoms with van der Waals surface area (Å²) in [5, 5.41) is 14.2. The van der Waals surface area contributed by atoms with Gasteiger partial charge in [-0.3, -0.25) is 4.98 Å². The number of aromatic carboxylic acids is 1. The largest absolute Gasteiger partial charge is 0.478 e. The van der Waals surface area contributed by atoms with E-state index in [0.29, 0.717) is 18.0 Å². The van der Waals surface area contributed by atoms with E-state index in [4.69, 9.17) is 10.1 Å². The summed E-state index contributed by atoms with van der Waals surface area (Å²) >= 11 is 0. The first-order valence-electron chi connectivity index (χ1n) is 11.2. The van der Waals surface area contributed by atoms with Crippen LogP contribution in [0.25, 0.3) is 11.3 Å². The zero-order valence-electron chi connectivity index (χ0n) is 18.7. The van der Waals surface area contributed by atoms with Crippen LogP contribution >= 0.6 is 0 Å². The van der Waals surface area contributed by atoms with Gasteiger partial charge in [-0.2, -0.15) is 5.10 Å². The highest BCUT2D eigenvalue weighted by atomic mass is 16.4. The summed E-state index contributed by atoms with van der Waals surface area (Å²) in [6.07, 6.45) is 7.78. The molecule has 3 rings (SSSR count). The van der Waals surface area contributed by atoms with Gasteiger partial charge in [0.1, 0.15) is 5.82 Å². The minimum Gasteiger partial charge on any atom is -0.478 e. The molecule has 0 amide bonds. The molecule has 0 fully saturated rings. The third kappa shape index (κ3) is 6.23. The highest BCUT2D eigenvalue weighted by Crippen LogP contribution is 2.22. The van der Waals surface area contributed by atoms with Gasteiger partial charge in [0.25, 0.3) is 0 Å². The van der Waals surface area contributed by atoms with Gasteiger partial charge in [0.2, 0.25) is 0 Å². The number of benzene rings is 1. The maximum atomic E-state index is 11.5. The molecule has 0 aliphatic heterocycles. The van der Waals surface area contributed by atoms with Crippen molar-refractivity contribution in [1.82, 2.24) is 19.7 Å². The monoisotopic (exact) mass is 420 g/mol. The molecule has 3 aromatic rings. The Kier molecular flexibility index (Phi) is 7.93. The molecule has 1 aromatic carbocycles. The van der Waals surface area contributed by atoms with E-state index in [1.165, 1.54) is 12.8 Å². The summed E-state index contributed by atoms with van der Waals surface area (Å²) < 4.78 is 2.07. The minimum absolute atomic E-state index is 0.209. The third-order valence-corrected chi connectivity index (χ3v) is 5.34. The molecule has 6 nitrogen and oxygen atoms in total. The lowest BCUT2D eigenvalue weighted by atomic mass is 10.0. The summed E-state index contributed by atoms with van der Waals surface area (Å²) in [5.74, 6) is 1.58. The molecule has 2 aromatic heterocycles. The Hall–Kier alpha value is -3.02. The fourth-order valence-electron chi connectivity index (χ4n) is 3.54. The number of aryl methyl sites for hydroxylation is 2. The highest BCUT2D eigenvalue weighted by molar-refractivity contribution is 5.94. The van der Waals surface area contributed by atoms with Gasteiger partial charge < -0.3 is 5.11 Å². The summed E-state index contributed by atoms with van der Waals surface area (Å²) in [5.41, 5.74) is 2.61. The van der Waals surface area contributed by atoms with Gasteiger partial charge in [0.05, 0.1) is 11.3 Å². The number of pyridine rings is 1. The Morgan fingerprint density at radius 1 is 1.13 bits per heavy atom. The van der Waals surface area contributed by atoms with E-state index in [1.54, 1.807) is 18.3 Å². The number of unbranched alkanes of at least 4 members (excludes halogenated alkanes) is 2. The van der Waals surface area contributed by atoms with Crippen molar-refractivity contribution in [1.29, 1.82) is 0 Å². The zero-order chi connectivity index (χ0) is 22.2. The third-order valence-electron chi connectivity index (χ3n) is 5.34. The normalized spacial score (nSPS) is 11.2. The standard InChI is InChI=1S/C25H32N4O2/c1-4-5-6-16-29-23(27-22(28-29)14-9-18(2)3)17-19-10-12-20(13-11-19)24-21(25(30)31)8-7-15-26-24/h7-8,10-13,15,18H,4-6,9,14,16-17H2,1-3H3,(H,30,31). The molecule has 0 bridgehead atoms. The van der Waals surface area contributed by atoms with Crippen LogP contribution < -0.4 is 0 Å². The van der Waals surface area contributed by atoms with Crippen LogP contribution in [0.1, 0.15) is 74.0 Å². The van der Waals surface area contributed by atoms with Gasteiger partial charge in [-0.15, -0.1) is 0 Å². The molecule has 0 aliphatic carbocycles. The molecule has 0 spiro atoms. The predicted molar refractivity (Wildman–Crippen MR) is 122 cm³/mol. The van der Waals surface area contributed by atoms with Crippen molar-refractivity contribution >= 4 is 5.97 Å². The van der Waals surface area contributed by atoms with Gasteiger partial charge >= 0.3 is 5.97 Å². The summed E-state index contributed by atoms with van der Waals surface area (Å²) in [6, 6.07) is 11.1. The smallest absolute Gasteiger partial charge is 0.337 e. The first-order valence-corrected chi connectivity index (χ1v) is 11.2. The molecule has 0 saturated carbocycles. The van der Waals surface area contributed by atoms with E-state index in [0.717, 1.165) is 48.6 Å². The molecule has 2 heterocycles. The van der Waals surface area contributed by atoms with E-state index in [9.17, 15) is 9.90 Å². The molecule has 0 unspecified atom stereocenters. The van der Waals surface area contributed by atoms with E-state index in [1.807, 2.05) is 24.3 Å². The molecule has 6 heteroatoms. The van der Waals surface area contributed by atoms with Crippen molar-refractivity contribution in [3.63, 3.8) is 0 Å². The zero-order valence-corrected chi connectivity index (χ0v) is 18.7. The van der Waals surface area contributed by atoms with Crippen molar-refractivity contribution in [2.24, 2.45) is 5.92 Å². The predicted octanol–water partition coefficient (Wildman–Crippen LogP) is 5.41. The summed E-state index contributed by atoms with van der Waals surface area (Å²) in [6.45, 7) is 7.54. The summed E-state index contributed by atoms with van der Waals surface area (Å²) in [4.78, 5) is 20.6. The molecule has 0 atom stereocenters. The van der Waals surface area contributed by atoms with Crippen LogP contribution in [0.15, 0.2) is 42.6 Å². The number of rotatable bonds is 11. The molecule has 1 N–H and O–H groups in total. The number of nitrogens with zero attached hydrogens (tertiary/aromatic N) is 4. The fourth-order valence-corrected chi connectivity index (χ4v) is 3.54. The Morgan fingerprint density at radius 3 is 2.58 bits per heavy atom. The molecular weight excluding hydrogens is 388 g/mol. The van der Waals surface area contributed by atoms with Crippen molar-refractivity contribution in [3.05, 3.63) is 65.4 Å². The van der Waals surface area contributed by atoms with Gasteiger partial charge in [0.15, 0.2) is 5.82 Å². The Balaban J connectivity index is 1.79. The number of carbonyl (C=O) groups is 1. The maximum Gasteiger partial charge on any atom is 0.337 e.